The molecule has 0 aliphatic rings. The number of benzene rings is 1. The number of thiophene rings is 1. The molecule has 0 saturated heterocycles. The fraction of sp³-hybridized carbons (Fsp3) is 0.286. The minimum Gasteiger partial charge on any atom is -0.388 e. The van der Waals surface area contributed by atoms with E-state index >= 15 is 0 Å². The Morgan fingerprint density at radius 1 is 1.39 bits per heavy atom. The molecule has 0 bridgehead atoms. The van der Waals surface area contributed by atoms with Crippen molar-refractivity contribution in [3.63, 3.8) is 0 Å². The van der Waals surface area contributed by atoms with E-state index in [1.165, 1.54) is 17.4 Å². The van der Waals surface area contributed by atoms with Gasteiger partial charge < -0.3 is 10.8 Å². The lowest BCUT2D eigenvalue weighted by molar-refractivity contribution is 0.144. The molecule has 96 valence electrons. The summed E-state index contributed by atoms with van der Waals surface area (Å²) in [5.41, 5.74) is 6.96. The van der Waals surface area contributed by atoms with Crippen LogP contribution in [0, 0.1) is 12.7 Å². The minimum absolute atomic E-state index is 0.263. The van der Waals surface area contributed by atoms with E-state index in [4.69, 9.17) is 5.73 Å². The van der Waals surface area contributed by atoms with Gasteiger partial charge >= 0.3 is 0 Å². The van der Waals surface area contributed by atoms with Crippen LogP contribution >= 0.6 is 11.3 Å². The predicted molar refractivity (Wildman–Crippen MR) is 72.2 cm³/mol. The third kappa shape index (κ3) is 2.61. The summed E-state index contributed by atoms with van der Waals surface area (Å²) in [6, 6.07) is 8.57. The van der Waals surface area contributed by atoms with Crippen LogP contribution in [-0.2, 0) is 0 Å². The second-order valence-corrected chi connectivity index (χ2v) is 5.31. The van der Waals surface area contributed by atoms with Gasteiger partial charge in [0.25, 0.3) is 0 Å². The van der Waals surface area contributed by atoms with Crippen molar-refractivity contribution < 1.29 is 9.50 Å². The maximum absolute atomic E-state index is 13.8. The summed E-state index contributed by atoms with van der Waals surface area (Å²) in [6.45, 7) is 2.16. The van der Waals surface area contributed by atoms with Crippen molar-refractivity contribution in [3.8, 4) is 0 Å². The number of nitrogens with two attached hydrogens (primary N) is 1. The van der Waals surface area contributed by atoms with Crippen molar-refractivity contribution >= 4 is 11.3 Å². The van der Waals surface area contributed by atoms with Gasteiger partial charge in [-0.25, -0.2) is 4.39 Å². The highest BCUT2D eigenvalue weighted by atomic mass is 32.1. The molecule has 0 radical (unpaired) electrons. The zero-order valence-electron chi connectivity index (χ0n) is 10.1. The van der Waals surface area contributed by atoms with Crippen molar-refractivity contribution in [2.24, 2.45) is 5.73 Å². The Morgan fingerprint density at radius 3 is 2.78 bits per heavy atom. The van der Waals surface area contributed by atoms with E-state index in [9.17, 15) is 9.50 Å². The van der Waals surface area contributed by atoms with Crippen LogP contribution in [0.15, 0.2) is 35.7 Å². The van der Waals surface area contributed by atoms with Crippen molar-refractivity contribution in [1.29, 1.82) is 0 Å². The summed E-state index contributed by atoms with van der Waals surface area (Å²) >= 11 is 1.53. The van der Waals surface area contributed by atoms with Gasteiger partial charge in [-0.15, -0.1) is 11.3 Å². The van der Waals surface area contributed by atoms with Crippen molar-refractivity contribution in [1.82, 2.24) is 0 Å². The summed E-state index contributed by atoms with van der Waals surface area (Å²) in [6.07, 6.45) is -0.909. The van der Waals surface area contributed by atoms with Gasteiger partial charge in [0.05, 0.1) is 6.10 Å². The summed E-state index contributed by atoms with van der Waals surface area (Å²) in [5, 5.41) is 12.3. The average Bonchev–Trinajstić information content (AvgIpc) is 2.87. The molecule has 2 aromatic rings. The lowest BCUT2D eigenvalue weighted by atomic mass is 9.93. The van der Waals surface area contributed by atoms with Crippen LogP contribution in [-0.4, -0.2) is 11.7 Å². The quantitative estimate of drug-likeness (QED) is 0.892. The number of aliphatic hydroxyl groups excluding tert-OH is 1. The number of hydrogen-bond acceptors (Lipinski definition) is 3. The summed E-state index contributed by atoms with van der Waals surface area (Å²) in [5.74, 6) is -0.649. The van der Waals surface area contributed by atoms with Crippen LogP contribution < -0.4 is 5.73 Å². The van der Waals surface area contributed by atoms with E-state index in [2.05, 4.69) is 0 Å². The van der Waals surface area contributed by atoms with Crippen molar-refractivity contribution in [3.05, 3.63) is 57.5 Å². The molecule has 3 N–H and O–H groups in total. The van der Waals surface area contributed by atoms with Gasteiger partial charge in [-0.2, -0.15) is 0 Å². The Kier molecular flexibility index (Phi) is 4.11. The van der Waals surface area contributed by atoms with Gasteiger partial charge in [0.15, 0.2) is 0 Å². The lowest BCUT2D eigenvalue weighted by Gasteiger charge is -2.21. The summed E-state index contributed by atoms with van der Waals surface area (Å²) in [4.78, 5) is 0.978. The molecule has 18 heavy (non-hydrogen) atoms. The van der Waals surface area contributed by atoms with Crippen LogP contribution in [0.2, 0.25) is 0 Å². The standard InChI is InChI=1S/C14H16FNOS/c1-9-4-5-12(15)10(7-9)14(17)11(8-16)13-3-2-6-18-13/h2-7,11,14,17H,8,16H2,1H3. The van der Waals surface area contributed by atoms with Gasteiger partial charge in [-0.3, -0.25) is 0 Å². The summed E-state index contributed by atoms with van der Waals surface area (Å²) < 4.78 is 13.8. The maximum atomic E-state index is 13.8. The third-order valence-corrected chi connectivity index (χ3v) is 4.02. The highest BCUT2D eigenvalue weighted by Gasteiger charge is 2.24. The number of aryl methyl sites for hydroxylation is 1. The molecule has 2 nitrogen and oxygen atoms in total. The van der Waals surface area contributed by atoms with E-state index in [1.807, 2.05) is 24.4 Å². The smallest absolute Gasteiger partial charge is 0.129 e. The fourth-order valence-electron chi connectivity index (χ4n) is 2.01. The molecule has 1 heterocycles. The zero-order chi connectivity index (χ0) is 13.1. The maximum Gasteiger partial charge on any atom is 0.129 e. The van der Waals surface area contributed by atoms with Crippen LogP contribution in [0.3, 0.4) is 0 Å². The molecule has 0 aliphatic heterocycles. The van der Waals surface area contributed by atoms with Gasteiger partial charge in [-0.05, 0) is 24.4 Å². The first-order valence-corrected chi connectivity index (χ1v) is 6.69. The molecular formula is C14H16FNOS. The molecule has 2 rings (SSSR count). The first-order valence-electron chi connectivity index (χ1n) is 5.81. The van der Waals surface area contributed by atoms with Crippen LogP contribution in [0.4, 0.5) is 4.39 Å². The SMILES string of the molecule is Cc1ccc(F)c(C(O)C(CN)c2cccs2)c1. The molecule has 0 saturated carbocycles. The topological polar surface area (TPSA) is 46.2 Å². The molecule has 2 atom stereocenters. The van der Waals surface area contributed by atoms with Gasteiger partial charge in [0.1, 0.15) is 5.82 Å². The molecule has 1 aromatic heterocycles. The average molecular weight is 265 g/mol. The molecule has 4 heteroatoms. The van der Waals surface area contributed by atoms with Crippen molar-refractivity contribution in [2.45, 2.75) is 18.9 Å². The monoisotopic (exact) mass is 265 g/mol. The normalized spacial score (nSPS) is 14.4. The highest BCUT2D eigenvalue weighted by molar-refractivity contribution is 7.10. The van der Waals surface area contributed by atoms with E-state index in [-0.39, 0.29) is 18.3 Å². The zero-order valence-corrected chi connectivity index (χ0v) is 11.0. The van der Waals surface area contributed by atoms with Gasteiger partial charge in [0.2, 0.25) is 0 Å². The molecule has 0 spiro atoms. The van der Waals surface area contributed by atoms with Crippen LogP contribution in [0.1, 0.15) is 28.0 Å². The molecule has 0 amide bonds. The highest BCUT2D eigenvalue weighted by Crippen LogP contribution is 2.34. The first kappa shape index (κ1) is 13.2. The van der Waals surface area contributed by atoms with Crippen LogP contribution in [0.5, 0.6) is 0 Å². The molecule has 2 unspecified atom stereocenters. The Balaban J connectivity index is 2.34. The van der Waals surface area contributed by atoms with E-state index in [0.717, 1.165) is 10.4 Å². The third-order valence-electron chi connectivity index (χ3n) is 3.01. The predicted octanol–water partition coefficient (Wildman–Crippen LogP) is 2.97. The van der Waals surface area contributed by atoms with E-state index in [1.54, 1.807) is 12.1 Å². The molecular weight excluding hydrogens is 249 g/mol. The lowest BCUT2D eigenvalue weighted by Crippen LogP contribution is -2.20. The Labute approximate surface area is 110 Å². The number of aliphatic hydroxyl groups is 1. The second kappa shape index (κ2) is 5.61. The minimum atomic E-state index is -0.909. The summed E-state index contributed by atoms with van der Waals surface area (Å²) in [7, 11) is 0. The van der Waals surface area contributed by atoms with Crippen LogP contribution in [0.25, 0.3) is 0 Å². The van der Waals surface area contributed by atoms with E-state index < -0.39 is 6.10 Å². The van der Waals surface area contributed by atoms with Gasteiger partial charge in [-0.1, -0.05) is 23.8 Å². The fourth-order valence-corrected chi connectivity index (χ4v) is 2.88. The Hall–Kier alpha value is -1.23. The largest absolute Gasteiger partial charge is 0.388 e. The van der Waals surface area contributed by atoms with Crippen molar-refractivity contribution in [2.75, 3.05) is 6.54 Å². The Morgan fingerprint density at radius 2 is 2.17 bits per heavy atom. The Bertz CT molecular complexity index is 513. The molecule has 0 fully saturated rings. The second-order valence-electron chi connectivity index (χ2n) is 4.33. The molecule has 1 aromatic carbocycles. The first-order chi connectivity index (χ1) is 8.63. The van der Waals surface area contributed by atoms with E-state index in [0.29, 0.717) is 5.56 Å². The number of halogens is 1. The molecule has 0 aliphatic carbocycles. The van der Waals surface area contributed by atoms with Gasteiger partial charge in [0, 0.05) is 22.9 Å². The number of hydrogen-bond donors (Lipinski definition) is 2. The number of rotatable bonds is 4.